The molecule has 0 spiro atoms. The molecular formula is C27H34ClN3O6. The van der Waals surface area contributed by atoms with Crippen molar-refractivity contribution >= 4 is 23.2 Å². The number of likely N-dealkylation sites (tertiary alicyclic amines) is 1. The second-order valence-corrected chi connectivity index (χ2v) is 10.5. The maximum atomic E-state index is 13.6. The minimum absolute atomic E-state index is 0.0521. The largest absolute Gasteiger partial charge is 0.490 e. The third-order valence-corrected chi connectivity index (χ3v) is 6.88. The van der Waals surface area contributed by atoms with Gasteiger partial charge in [-0.2, -0.15) is 0 Å². The number of ether oxygens (including phenoxy) is 3. The van der Waals surface area contributed by atoms with Crippen molar-refractivity contribution in [1.29, 1.82) is 0 Å². The van der Waals surface area contributed by atoms with Crippen LogP contribution < -0.4 is 14.2 Å². The molecule has 0 radical (unpaired) electrons. The lowest BCUT2D eigenvalue weighted by Gasteiger charge is -2.28. The predicted octanol–water partition coefficient (Wildman–Crippen LogP) is 4.92. The number of nitro benzene ring substituents is 1. The molecule has 4 rings (SSSR count). The van der Waals surface area contributed by atoms with E-state index >= 15 is 0 Å². The van der Waals surface area contributed by atoms with Crippen LogP contribution in [-0.4, -0.2) is 60.6 Å². The molecule has 2 aliphatic rings. The van der Waals surface area contributed by atoms with Gasteiger partial charge in [-0.25, -0.2) is 0 Å². The van der Waals surface area contributed by atoms with E-state index in [2.05, 4.69) is 18.7 Å². The zero-order chi connectivity index (χ0) is 26.5. The molecule has 0 saturated carbocycles. The van der Waals surface area contributed by atoms with Crippen LogP contribution in [0, 0.1) is 22.0 Å². The molecule has 200 valence electrons. The van der Waals surface area contributed by atoms with E-state index in [9.17, 15) is 14.9 Å². The quantitative estimate of drug-likeness (QED) is 0.334. The van der Waals surface area contributed by atoms with Gasteiger partial charge in [0.25, 0.3) is 0 Å². The van der Waals surface area contributed by atoms with Crippen LogP contribution in [0.5, 0.6) is 17.2 Å². The summed E-state index contributed by atoms with van der Waals surface area (Å²) in [6.45, 7) is 8.29. The molecule has 1 saturated heterocycles. The summed E-state index contributed by atoms with van der Waals surface area (Å²) in [5.74, 6) is 1.70. The standard InChI is InChI=1S/C27H34ClN3O6/c1-18(2)14-30(16-20-11-22(28)26-25(13-20)36-9-4-10-37-26)27(32)21-7-8-29(17-21)15-19-5-6-24(35-3)23(12-19)31(33)34/h5-6,11-13,18,21H,4,7-10,14-17H2,1-3H3/t21-/m1/s1. The molecule has 1 atom stereocenters. The summed E-state index contributed by atoms with van der Waals surface area (Å²) in [6, 6.07) is 8.78. The molecular weight excluding hydrogens is 498 g/mol. The number of amides is 1. The highest BCUT2D eigenvalue weighted by Crippen LogP contribution is 2.38. The Kier molecular flexibility index (Phi) is 8.76. The lowest BCUT2D eigenvalue weighted by molar-refractivity contribution is -0.385. The zero-order valence-electron chi connectivity index (χ0n) is 21.6. The fourth-order valence-electron chi connectivity index (χ4n) is 4.94. The highest BCUT2D eigenvalue weighted by molar-refractivity contribution is 6.32. The number of carbonyl (C=O) groups is 1. The fraction of sp³-hybridized carbons (Fsp3) is 0.519. The third kappa shape index (κ3) is 6.64. The Balaban J connectivity index is 1.44. The highest BCUT2D eigenvalue weighted by Gasteiger charge is 2.32. The zero-order valence-corrected chi connectivity index (χ0v) is 22.3. The monoisotopic (exact) mass is 531 g/mol. The SMILES string of the molecule is COc1ccc(CN2CC[C@@H](C(=O)N(Cc3cc(Cl)c4c(c3)OCCCO4)CC(C)C)C2)cc1[N+](=O)[O-]. The molecule has 37 heavy (non-hydrogen) atoms. The Bertz CT molecular complexity index is 1140. The summed E-state index contributed by atoms with van der Waals surface area (Å²) in [4.78, 5) is 28.7. The number of benzene rings is 2. The number of nitro groups is 1. The van der Waals surface area contributed by atoms with Crippen molar-refractivity contribution in [1.82, 2.24) is 9.80 Å². The molecule has 0 aromatic heterocycles. The molecule has 1 amide bonds. The Morgan fingerprint density at radius 3 is 2.76 bits per heavy atom. The van der Waals surface area contributed by atoms with Crippen LogP contribution in [0.2, 0.25) is 5.02 Å². The van der Waals surface area contributed by atoms with E-state index < -0.39 is 4.92 Å². The first kappa shape index (κ1) is 27.0. The second-order valence-electron chi connectivity index (χ2n) is 10.1. The van der Waals surface area contributed by atoms with Crippen LogP contribution in [0.3, 0.4) is 0 Å². The molecule has 1 fully saturated rings. The molecule has 2 aromatic carbocycles. The van der Waals surface area contributed by atoms with E-state index in [4.69, 9.17) is 25.8 Å². The van der Waals surface area contributed by atoms with E-state index in [0.717, 1.165) is 30.5 Å². The lowest BCUT2D eigenvalue weighted by atomic mass is 10.0. The Morgan fingerprint density at radius 2 is 2.03 bits per heavy atom. The molecule has 0 unspecified atom stereocenters. The number of fused-ring (bicyclic) bond motifs is 1. The lowest BCUT2D eigenvalue weighted by Crippen LogP contribution is -2.39. The van der Waals surface area contributed by atoms with Crippen LogP contribution in [0.4, 0.5) is 5.69 Å². The van der Waals surface area contributed by atoms with Crippen LogP contribution in [0.25, 0.3) is 0 Å². The van der Waals surface area contributed by atoms with Gasteiger partial charge in [-0.05, 0) is 48.2 Å². The number of methoxy groups -OCH3 is 1. The molecule has 0 bridgehead atoms. The summed E-state index contributed by atoms with van der Waals surface area (Å²) in [6.07, 6.45) is 1.54. The molecule has 2 aliphatic heterocycles. The van der Waals surface area contributed by atoms with E-state index in [1.54, 1.807) is 12.1 Å². The summed E-state index contributed by atoms with van der Waals surface area (Å²) >= 11 is 6.50. The van der Waals surface area contributed by atoms with Crippen molar-refractivity contribution < 1.29 is 23.9 Å². The first-order valence-electron chi connectivity index (χ1n) is 12.7. The maximum Gasteiger partial charge on any atom is 0.311 e. The van der Waals surface area contributed by atoms with E-state index in [1.807, 2.05) is 23.1 Å². The second kappa shape index (κ2) is 12.0. The van der Waals surface area contributed by atoms with Gasteiger partial charge in [-0.1, -0.05) is 31.5 Å². The van der Waals surface area contributed by atoms with Crippen molar-refractivity contribution in [2.75, 3.05) is 40.0 Å². The normalized spacial score (nSPS) is 17.5. The third-order valence-electron chi connectivity index (χ3n) is 6.60. The fourth-order valence-corrected chi connectivity index (χ4v) is 5.23. The van der Waals surface area contributed by atoms with Crippen molar-refractivity contribution in [2.45, 2.75) is 39.8 Å². The van der Waals surface area contributed by atoms with Gasteiger partial charge in [0.15, 0.2) is 17.2 Å². The van der Waals surface area contributed by atoms with Crippen molar-refractivity contribution in [2.24, 2.45) is 11.8 Å². The van der Waals surface area contributed by atoms with Crippen LogP contribution in [-0.2, 0) is 17.9 Å². The maximum absolute atomic E-state index is 13.6. The van der Waals surface area contributed by atoms with Crippen LogP contribution >= 0.6 is 11.6 Å². The minimum atomic E-state index is -0.436. The van der Waals surface area contributed by atoms with Crippen molar-refractivity contribution in [3.8, 4) is 17.2 Å². The van der Waals surface area contributed by atoms with Crippen molar-refractivity contribution in [3.05, 3.63) is 56.6 Å². The number of carbonyl (C=O) groups excluding carboxylic acids is 1. The summed E-state index contributed by atoms with van der Waals surface area (Å²) in [5, 5.41) is 11.9. The highest BCUT2D eigenvalue weighted by atomic mass is 35.5. The molecule has 2 aromatic rings. The topological polar surface area (TPSA) is 94.4 Å². The van der Waals surface area contributed by atoms with Gasteiger partial charge in [0.1, 0.15) is 0 Å². The molecule has 0 N–H and O–H groups in total. The van der Waals surface area contributed by atoms with Crippen LogP contribution in [0.15, 0.2) is 30.3 Å². The van der Waals surface area contributed by atoms with Gasteiger partial charge in [-0.15, -0.1) is 0 Å². The summed E-state index contributed by atoms with van der Waals surface area (Å²) in [7, 11) is 1.42. The van der Waals surface area contributed by atoms with E-state index in [0.29, 0.717) is 61.8 Å². The smallest absolute Gasteiger partial charge is 0.311 e. The number of nitrogens with zero attached hydrogens (tertiary/aromatic N) is 3. The molecule has 0 aliphatic carbocycles. The summed E-state index contributed by atoms with van der Waals surface area (Å²) < 4.78 is 16.7. The van der Waals surface area contributed by atoms with E-state index in [1.165, 1.54) is 7.11 Å². The summed E-state index contributed by atoms with van der Waals surface area (Å²) in [5.41, 5.74) is 1.67. The van der Waals surface area contributed by atoms with E-state index in [-0.39, 0.29) is 23.3 Å². The molecule has 9 nitrogen and oxygen atoms in total. The van der Waals surface area contributed by atoms with Gasteiger partial charge < -0.3 is 19.1 Å². The molecule has 2 heterocycles. The number of hydrogen-bond donors (Lipinski definition) is 0. The van der Waals surface area contributed by atoms with Gasteiger partial charge >= 0.3 is 5.69 Å². The average Bonchev–Trinajstić information content (AvgIpc) is 3.18. The Hall–Kier alpha value is -3.04. The van der Waals surface area contributed by atoms with Gasteiger partial charge in [-0.3, -0.25) is 19.8 Å². The Morgan fingerprint density at radius 1 is 1.24 bits per heavy atom. The first-order valence-corrected chi connectivity index (χ1v) is 13.0. The Labute approximate surface area is 222 Å². The number of rotatable bonds is 9. The number of halogens is 1. The predicted molar refractivity (Wildman–Crippen MR) is 140 cm³/mol. The van der Waals surface area contributed by atoms with Crippen molar-refractivity contribution in [3.63, 3.8) is 0 Å². The first-order chi connectivity index (χ1) is 17.7. The number of hydrogen-bond acceptors (Lipinski definition) is 7. The van der Waals surface area contributed by atoms with Gasteiger partial charge in [0.2, 0.25) is 5.91 Å². The molecule has 10 heteroatoms. The minimum Gasteiger partial charge on any atom is -0.490 e. The van der Waals surface area contributed by atoms with Crippen LogP contribution in [0.1, 0.15) is 37.8 Å². The van der Waals surface area contributed by atoms with Gasteiger partial charge in [0, 0.05) is 38.7 Å². The van der Waals surface area contributed by atoms with Gasteiger partial charge in [0.05, 0.1) is 36.2 Å². The average molecular weight is 532 g/mol.